The maximum absolute atomic E-state index is 5.63. The monoisotopic (exact) mass is 1140 g/mol. The Morgan fingerprint density at radius 2 is 0.841 bits per heavy atom. The number of nitrogens with one attached hydrogen (secondary N) is 6. The third-order valence-corrected chi connectivity index (χ3v) is 13.3. The predicted molar refractivity (Wildman–Crippen MR) is 372 cm³/mol. The van der Waals surface area contributed by atoms with Crippen LogP contribution < -0.4 is 43.4 Å². The van der Waals surface area contributed by atoms with Crippen LogP contribution in [-0.2, 0) is 19.6 Å². The summed E-state index contributed by atoms with van der Waals surface area (Å²) in [7, 11) is 0. The van der Waals surface area contributed by atoms with Gasteiger partial charge in [0.05, 0.1) is 0 Å². The zero-order chi connectivity index (χ0) is 61.4. The van der Waals surface area contributed by atoms with Gasteiger partial charge in [-0.25, -0.2) is 0 Å². The summed E-state index contributed by atoms with van der Waals surface area (Å²) in [6.07, 6.45) is 36.8. The van der Waals surface area contributed by atoms with Crippen molar-refractivity contribution in [2.45, 2.75) is 263 Å². The van der Waals surface area contributed by atoms with Crippen molar-refractivity contribution in [1.82, 2.24) is 31.9 Å². The summed E-state index contributed by atoms with van der Waals surface area (Å²) in [6, 6.07) is 32.7. The van der Waals surface area contributed by atoms with Crippen molar-refractivity contribution >= 4 is 0 Å². The number of rotatable bonds is 17. The second kappa shape index (κ2) is 67.0. The molecule has 3 aromatic rings. The van der Waals surface area contributed by atoms with E-state index in [1.54, 1.807) is 0 Å². The van der Waals surface area contributed by atoms with Crippen LogP contribution in [0.3, 0.4) is 0 Å². The molecule has 10 N–H and O–H groups in total. The van der Waals surface area contributed by atoms with Crippen LogP contribution in [0.15, 0.2) is 115 Å². The van der Waals surface area contributed by atoms with E-state index in [0.29, 0.717) is 24.7 Å². The minimum absolute atomic E-state index is 0.536. The van der Waals surface area contributed by atoms with Gasteiger partial charge in [-0.3, -0.25) is 0 Å². The molecule has 1 aliphatic heterocycles. The number of benzene rings is 3. The Morgan fingerprint density at radius 1 is 0.463 bits per heavy atom. The average molecular weight is 1140 g/mol. The van der Waals surface area contributed by atoms with Gasteiger partial charge in [0.1, 0.15) is 0 Å². The third-order valence-electron chi connectivity index (χ3n) is 13.3. The molecule has 1 saturated heterocycles. The van der Waals surface area contributed by atoms with E-state index in [1.807, 2.05) is 42.5 Å². The number of hydrogen-bond acceptors (Lipinski definition) is 8. The van der Waals surface area contributed by atoms with Gasteiger partial charge in [0.25, 0.3) is 0 Å². The van der Waals surface area contributed by atoms with Gasteiger partial charge in [-0.15, -0.1) is 0 Å². The molecule has 1 heterocycles. The Bertz CT molecular complexity index is 1550. The largest absolute Gasteiger partial charge is 0.328 e. The van der Waals surface area contributed by atoms with Crippen molar-refractivity contribution in [3.05, 3.63) is 132 Å². The summed E-state index contributed by atoms with van der Waals surface area (Å²) in [5, 5.41) is 19.9. The minimum atomic E-state index is 0.536. The van der Waals surface area contributed by atoms with E-state index in [9.17, 15) is 0 Å². The lowest BCUT2D eigenvalue weighted by Gasteiger charge is -2.15. The lowest BCUT2D eigenvalue weighted by molar-refractivity contribution is 0.441. The summed E-state index contributed by atoms with van der Waals surface area (Å²) < 4.78 is 0. The molecule has 8 heteroatoms. The number of hydrogen-bond donors (Lipinski definition) is 8. The van der Waals surface area contributed by atoms with Gasteiger partial charge in [-0.1, -0.05) is 276 Å². The summed E-state index contributed by atoms with van der Waals surface area (Å²) in [6.45, 7) is 42.5. The van der Waals surface area contributed by atoms with E-state index in [-0.39, 0.29) is 0 Å². The normalized spacial score (nSPS) is 16.6. The molecule has 8 rings (SSSR count). The smallest absolute Gasteiger partial charge is 0.0208 e. The molecular weight excluding hydrogens is 1000 g/mol. The highest BCUT2D eigenvalue weighted by atomic mass is 14.9. The Kier molecular flexibility index (Phi) is 67.8. The van der Waals surface area contributed by atoms with E-state index in [4.69, 9.17) is 11.5 Å². The molecule has 2 unspecified atom stereocenters. The Hall–Kier alpha value is -3.18. The van der Waals surface area contributed by atoms with Crippen LogP contribution in [0.2, 0.25) is 0 Å². The quantitative estimate of drug-likeness (QED) is 0.0497. The number of allylic oxidation sites excluding steroid dienone is 4. The predicted octanol–water partition coefficient (Wildman–Crippen LogP) is 17.7. The topological polar surface area (TPSA) is 124 Å². The van der Waals surface area contributed by atoms with Crippen molar-refractivity contribution < 1.29 is 0 Å². The summed E-state index contributed by atoms with van der Waals surface area (Å²) in [4.78, 5) is 0. The first-order valence-electron chi connectivity index (χ1n) is 33.8. The summed E-state index contributed by atoms with van der Waals surface area (Å²) in [5.74, 6) is 3.25. The highest BCUT2D eigenvalue weighted by Crippen LogP contribution is 2.21. The molecule has 2 saturated carbocycles. The van der Waals surface area contributed by atoms with Crippen LogP contribution in [-0.4, -0.2) is 70.5 Å². The van der Waals surface area contributed by atoms with E-state index in [0.717, 1.165) is 62.9 Å². The van der Waals surface area contributed by atoms with Gasteiger partial charge >= 0.3 is 0 Å². The first-order valence-corrected chi connectivity index (χ1v) is 33.8. The van der Waals surface area contributed by atoms with E-state index in [2.05, 4.69) is 202 Å². The molecule has 0 aromatic heterocycles. The van der Waals surface area contributed by atoms with Crippen LogP contribution in [0.25, 0.3) is 0 Å². The first-order chi connectivity index (χ1) is 39.6. The van der Waals surface area contributed by atoms with Crippen LogP contribution in [0.4, 0.5) is 0 Å². The fraction of sp³-hybridized carbons (Fsp3) is 0.703. The summed E-state index contributed by atoms with van der Waals surface area (Å²) in [5.41, 5.74) is 14.8. The zero-order valence-corrected chi connectivity index (χ0v) is 56.6. The van der Waals surface area contributed by atoms with E-state index >= 15 is 0 Å². The van der Waals surface area contributed by atoms with Crippen molar-refractivity contribution in [1.29, 1.82) is 0 Å². The zero-order valence-electron chi connectivity index (χ0n) is 56.6. The lowest BCUT2D eigenvalue weighted by Crippen LogP contribution is -2.29. The molecule has 5 aliphatic rings. The lowest BCUT2D eigenvalue weighted by atomic mass is 9.97. The van der Waals surface area contributed by atoms with Crippen molar-refractivity contribution in [2.24, 2.45) is 35.1 Å². The van der Waals surface area contributed by atoms with Gasteiger partial charge in [-0.05, 0) is 157 Å². The van der Waals surface area contributed by atoms with Crippen LogP contribution in [0.1, 0.15) is 242 Å². The molecule has 82 heavy (non-hydrogen) atoms. The average Bonchev–Trinajstić information content (AvgIpc) is 4.30. The SMILES string of the molecule is C1=CCCC1.C1CCCC1.C1CCCNCC1.CC(C)CNCC(C)C.CC(C)NC(C)C.CC1C=CC(C)C1.CCCNCCC.CCNCC.NC1CCCCC1.NCc1ccccc1.c1ccc(CNCc2ccccc2)cc1. The molecule has 4 aliphatic carbocycles. The highest BCUT2D eigenvalue weighted by molar-refractivity contribution is 5.17. The second-order valence-corrected chi connectivity index (χ2v) is 24.2. The Labute approximate surface area is 512 Å². The molecule has 0 amide bonds. The summed E-state index contributed by atoms with van der Waals surface area (Å²) >= 11 is 0. The third kappa shape index (κ3) is 71.1. The van der Waals surface area contributed by atoms with Crippen molar-refractivity contribution in [3.8, 4) is 0 Å². The highest BCUT2D eigenvalue weighted by Gasteiger charge is 2.09. The Morgan fingerprint density at radius 3 is 1.09 bits per heavy atom. The maximum Gasteiger partial charge on any atom is 0.0208 e. The minimum Gasteiger partial charge on any atom is -0.328 e. The molecule has 0 radical (unpaired) electrons. The van der Waals surface area contributed by atoms with Crippen LogP contribution in [0.5, 0.6) is 0 Å². The standard InChI is InChI=1S/C14H15N.C8H19N.C7H9N.C7H12.2C6H13N.2C6H15N.C5H10.C5H8.C4H11N/c1-3-7-13(8-4-1)11-15-12-14-9-5-2-6-10-14;1-7(2)5-9-6-8(3)4;8-6-7-4-2-1-3-5-7;1-6-3-4-7(2)5-6;1-2-4-6-7-5-3-1;7-6-4-2-1-3-5-6;1-5(2)7-6(3)4;1-3-5-7-6-4-2;2*1-2-4-5-3-1;1-3-5-4-2/h1-10,15H,11-12H2;7-9H,5-6H2,1-4H3;1-5H,6,8H2;3-4,6-7H,5H2,1-2H3;7H,1-6H2;6H,1-5,7H2;5-7H,1-4H3;7H,3-6H2,1-2H3;1-5H2;1-2H,3-5H2;5H,3-4H2,1-2H3. The van der Waals surface area contributed by atoms with Gasteiger partial charge in [-0.2, -0.15) is 0 Å². The fourth-order valence-corrected chi connectivity index (χ4v) is 8.92. The van der Waals surface area contributed by atoms with Gasteiger partial charge in [0.15, 0.2) is 0 Å². The molecule has 476 valence electrons. The van der Waals surface area contributed by atoms with Crippen LogP contribution >= 0.6 is 0 Å². The van der Waals surface area contributed by atoms with Crippen molar-refractivity contribution in [2.75, 3.05) is 52.4 Å². The maximum atomic E-state index is 5.63. The van der Waals surface area contributed by atoms with Crippen molar-refractivity contribution in [3.63, 3.8) is 0 Å². The molecule has 3 fully saturated rings. The fourth-order valence-electron chi connectivity index (χ4n) is 8.92. The van der Waals surface area contributed by atoms with Gasteiger partial charge in [0.2, 0.25) is 0 Å². The molecule has 0 spiro atoms. The molecule has 0 bridgehead atoms. The van der Waals surface area contributed by atoms with Crippen LogP contribution in [0, 0.1) is 23.7 Å². The number of nitrogens with two attached hydrogens (primary N) is 2. The molecule has 8 nitrogen and oxygen atoms in total. The Balaban J connectivity index is -0.000000852. The van der Waals surface area contributed by atoms with E-state index < -0.39 is 0 Å². The molecule has 3 aromatic carbocycles. The van der Waals surface area contributed by atoms with E-state index in [1.165, 1.54) is 171 Å². The molecule has 2 atom stereocenters. The van der Waals surface area contributed by atoms with Gasteiger partial charge in [0, 0.05) is 37.8 Å². The van der Waals surface area contributed by atoms with Gasteiger partial charge < -0.3 is 43.4 Å². The first kappa shape index (κ1) is 83.0. The second-order valence-electron chi connectivity index (χ2n) is 24.2. The molecular formula is C74H140N8.